The molecule has 0 heterocycles. The van der Waals surface area contributed by atoms with E-state index in [1.54, 1.807) is 19.1 Å². The molecule has 0 aliphatic rings. The maximum absolute atomic E-state index is 11.8. The fourth-order valence-corrected chi connectivity index (χ4v) is 1.91. The number of ether oxygens (including phenoxy) is 1. The third-order valence-corrected chi connectivity index (χ3v) is 2.97. The van der Waals surface area contributed by atoms with E-state index in [-0.39, 0.29) is 24.1 Å². The molecule has 4 heteroatoms. The van der Waals surface area contributed by atoms with Gasteiger partial charge in [0.05, 0.1) is 18.1 Å². The predicted molar refractivity (Wildman–Crippen MR) is 71.2 cm³/mol. The molecule has 0 atom stereocenters. The van der Waals surface area contributed by atoms with Crippen LogP contribution in [0.1, 0.15) is 35.3 Å². The Morgan fingerprint density at radius 2 is 2.00 bits per heavy atom. The number of aryl methyl sites for hydroxylation is 1. The number of benzene rings is 1. The highest BCUT2D eigenvalue weighted by molar-refractivity contribution is 6.27. The van der Waals surface area contributed by atoms with E-state index in [2.05, 4.69) is 0 Å². The molecule has 18 heavy (non-hydrogen) atoms. The Morgan fingerprint density at radius 3 is 2.56 bits per heavy atom. The van der Waals surface area contributed by atoms with E-state index >= 15 is 0 Å². The molecule has 1 aromatic rings. The monoisotopic (exact) mass is 268 g/mol. The third kappa shape index (κ3) is 3.57. The third-order valence-electron chi connectivity index (χ3n) is 2.67. The van der Waals surface area contributed by atoms with Gasteiger partial charge >= 0.3 is 5.97 Å². The van der Waals surface area contributed by atoms with E-state index in [4.69, 9.17) is 16.3 Å². The van der Waals surface area contributed by atoms with Gasteiger partial charge in [-0.1, -0.05) is 19.1 Å². The van der Waals surface area contributed by atoms with Gasteiger partial charge in [-0.25, -0.2) is 4.79 Å². The number of carbonyl (C=O) groups is 2. The fraction of sp³-hybridized carbons (Fsp3) is 0.429. The standard InChI is InChI=1S/C14H17ClO3/c1-3-10-6-5-7-12(14(17)18-4-2)13(10)8-11(16)9-15/h5-7H,3-4,8-9H2,1-2H3. The molecule has 1 aromatic carbocycles. The van der Waals surface area contributed by atoms with Crippen molar-refractivity contribution >= 4 is 23.4 Å². The summed E-state index contributed by atoms with van der Waals surface area (Å²) in [6.45, 7) is 4.06. The molecule has 0 aliphatic carbocycles. The first-order valence-corrected chi connectivity index (χ1v) is 6.53. The molecule has 0 spiro atoms. The van der Waals surface area contributed by atoms with Gasteiger partial charge in [-0.15, -0.1) is 11.6 Å². The highest BCUT2D eigenvalue weighted by Gasteiger charge is 2.17. The van der Waals surface area contributed by atoms with Gasteiger partial charge in [0.2, 0.25) is 0 Å². The fourth-order valence-electron chi connectivity index (χ4n) is 1.82. The van der Waals surface area contributed by atoms with Gasteiger partial charge in [0, 0.05) is 6.42 Å². The van der Waals surface area contributed by atoms with Crippen LogP contribution in [-0.2, 0) is 22.4 Å². The molecule has 98 valence electrons. The number of ketones is 1. The van der Waals surface area contributed by atoms with E-state index in [1.165, 1.54) is 0 Å². The lowest BCUT2D eigenvalue weighted by molar-refractivity contribution is -0.116. The predicted octanol–water partition coefficient (Wildman–Crippen LogP) is 2.78. The summed E-state index contributed by atoms with van der Waals surface area (Å²) in [5, 5.41) is 0. The first-order valence-electron chi connectivity index (χ1n) is 5.99. The van der Waals surface area contributed by atoms with Crippen LogP contribution >= 0.6 is 11.6 Å². The number of hydrogen-bond donors (Lipinski definition) is 0. The Hall–Kier alpha value is -1.35. The smallest absolute Gasteiger partial charge is 0.338 e. The maximum atomic E-state index is 11.8. The van der Waals surface area contributed by atoms with Crippen molar-refractivity contribution in [2.75, 3.05) is 12.5 Å². The first-order chi connectivity index (χ1) is 8.63. The molecular weight excluding hydrogens is 252 g/mol. The van der Waals surface area contributed by atoms with Crippen molar-refractivity contribution in [3.05, 3.63) is 34.9 Å². The van der Waals surface area contributed by atoms with Crippen LogP contribution in [0.25, 0.3) is 0 Å². The van der Waals surface area contributed by atoms with Gasteiger partial charge in [0.25, 0.3) is 0 Å². The van der Waals surface area contributed by atoms with Crippen LogP contribution < -0.4 is 0 Å². The summed E-state index contributed by atoms with van der Waals surface area (Å²) >= 11 is 5.52. The number of alkyl halides is 1. The minimum absolute atomic E-state index is 0.0414. The maximum Gasteiger partial charge on any atom is 0.338 e. The molecule has 0 aliphatic heterocycles. The Kier molecular flexibility index (Phi) is 5.86. The zero-order valence-corrected chi connectivity index (χ0v) is 11.4. The van der Waals surface area contributed by atoms with E-state index in [1.807, 2.05) is 13.0 Å². The van der Waals surface area contributed by atoms with Gasteiger partial charge in [0.1, 0.15) is 0 Å². The largest absolute Gasteiger partial charge is 0.462 e. The van der Waals surface area contributed by atoms with Crippen LogP contribution in [0.4, 0.5) is 0 Å². The van der Waals surface area contributed by atoms with Crippen molar-refractivity contribution in [1.29, 1.82) is 0 Å². The van der Waals surface area contributed by atoms with Gasteiger partial charge in [-0.3, -0.25) is 4.79 Å². The number of Topliss-reactive ketones (excluding diaryl/α,β-unsaturated/α-hetero) is 1. The topological polar surface area (TPSA) is 43.4 Å². The average Bonchev–Trinajstić information content (AvgIpc) is 2.38. The molecule has 0 unspecified atom stereocenters. The van der Waals surface area contributed by atoms with Crippen molar-refractivity contribution in [3.8, 4) is 0 Å². The lowest BCUT2D eigenvalue weighted by Crippen LogP contribution is -2.14. The highest BCUT2D eigenvalue weighted by Crippen LogP contribution is 2.18. The summed E-state index contributed by atoms with van der Waals surface area (Å²) < 4.78 is 5.00. The number of hydrogen-bond acceptors (Lipinski definition) is 3. The Bertz CT molecular complexity index is 441. The Balaban J connectivity index is 3.15. The molecule has 0 amide bonds. The molecule has 0 aromatic heterocycles. The quantitative estimate of drug-likeness (QED) is 0.589. The summed E-state index contributed by atoms with van der Waals surface area (Å²) in [5.41, 5.74) is 2.19. The minimum atomic E-state index is -0.384. The Morgan fingerprint density at radius 1 is 1.28 bits per heavy atom. The van der Waals surface area contributed by atoms with E-state index < -0.39 is 0 Å². The van der Waals surface area contributed by atoms with Crippen molar-refractivity contribution in [2.45, 2.75) is 26.7 Å². The van der Waals surface area contributed by atoms with Crippen LogP contribution in [0.15, 0.2) is 18.2 Å². The van der Waals surface area contributed by atoms with Crippen LogP contribution in [0.3, 0.4) is 0 Å². The van der Waals surface area contributed by atoms with Gasteiger partial charge in [0.15, 0.2) is 5.78 Å². The van der Waals surface area contributed by atoms with Gasteiger partial charge in [-0.05, 0) is 30.5 Å². The molecule has 0 bridgehead atoms. The average molecular weight is 269 g/mol. The molecule has 0 radical (unpaired) electrons. The van der Waals surface area contributed by atoms with Crippen molar-refractivity contribution in [2.24, 2.45) is 0 Å². The summed E-state index contributed by atoms with van der Waals surface area (Å²) in [5.74, 6) is -0.520. The molecule has 0 fully saturated rings. The number of rotatable bonds is 6. The molecule has 3 nitrogen and oxygen atoms in total. The van der Waals surface area contributed by atoms with E-state index in [9.17, 15) is 9.59 Å². The summed E-state index contributed by atoms with van der Waals surface area (Å²) in [6.07, 6.45) is 0.944. The zero-order valence-electron chi connectivity index (χ0n) is 10.7. The van der Waals surface area contributed by atoms with Crippen LogP contribution in [0, 0.1) is 0 Å². The normalized spacial score (nSPS) is 10.2. The van der Waals surface area contributed by atoms with Crippen molar-refractivity contribution in [1.82, 2.24) is 0 Å². The van der Waals surface area contributed by atoms with E-state index in [0.29, 0.717) is 12.2 Å². The number of halogens is 1. The SMILES string of the molecule is CCOC(=O)c1cccc(CC)c1CC(=O)CCl. The highest BCUT2D eigenvalue weighted by atomic mass is 35.5. The zero-order chi connectivity index (χ0) is 13.5. The van der Waals surface area contributed by atoms with Crippen LogP contribution in [0.2, 0.25) is 0 Å². The van der Waals surface area contributed by atoms with Crippen molar-refractivity contribution in [3.63, 3.8) is 0 Å². The molecule has 0 saturated carbocycles. The lowest BCUT2D eigenvalue weighted by atomic mass is 9.95. The minimum Gasteiger partial charge on any atom is -0.462 e. The second kappa shape index (κ2) is 7.17. The summed E-state index contributed by atoms with van der Waals surface area (Å²) in [4.78, 5) is 23.3. The second-order valence-corrected chi connectivity index (χ2v) is 4.13. The lowest BCUT2D eigenvalue weighted by Gasteiger charge is -2.12. The Labute approximate surface area is 112 Å². The van der Waals surface area contributed by atoms with Crippen LogP contribution in [-0.4, -0.2) is 24.2 Å². The summed E-state index contributed by atoms with van der Waals surface area (Å²) in [7, 11) is 0. The van der Waals surface area contributed by atoms with E-state index in [0.717, 1.165) is 17.5 Å². The molecular formula is C14H17ClO3. The van der Waals surface area contributed by atoms with Gasteiger partial charge < -0.3 is 4.74 Å². The molecule has 0 saturated heterocycles. The molecule has 0 N–H and O–H groups in total. The van der Waals surface area contributed by atoms with Gasteiger partial charge in [-0.2, -0.15) is 0 Å². The van der Waals surface area contributed by atoms with Crippen LogP contribution in [0.5, 0.6) is 0 Å². The van der Waals surface area contributed by atoms with Crippen molar-refractivity contribution < 1.29 is 14.3 Å². The number of carbonyl (C=O) groups excluding carboxylic acids is 2. The second-order valence-electron chi connectivity index (χ2n) is 3.87. The first kappa shape index (κ1) is 14.7. The summed E-state index contributed by atoms with van der Waals surface area (Å²) in [6, 6.07) is 5.41. The number of esters is 1. The molecule has 1 rings (SSSR count).